The van der Waals surface area contributed by atoms with E-state index in [1.54, 1.807) is 0 Å². The van der Waals surface area contributed by atoms with Crippen LogP contribution in [0.25, 0.3) is 0 Å². The predicted molar refractivity (Wildman–Crippen MR) is 19.1 cm³/mol. The zero-order chi connectivity index (χ0) is 4.50. The Hall–Kier alpha value is 2.66. The molecule has 0 heterocycles. The van der Waals surface area contributed by atoms with Gasteiger partial charge in [0.25, 0.3) is 0 Å². The smallest absolute Gasteiger partial charge is 0.822 e. The van der Waals surface area contributed by atoms with E-state index in [4.69, 9.17) is 19.2 Å². The van der Waals surface area contributed by atoms with Gasteiger partial charge in [-0.2, -0.15) is 7.82 Å². The van der Waals surface area contributed by atoms with Crippen LogP contribution in [0.15, 0.2) is 0 Å². The van der Waals surface area contributed by atoms with E-state index < -0.39 is 7.82 Å². The van der Waals surface area contributed by atoms with Gasteiger partial charge in [-0.05, 0) is 0 Å². The van der Waals surface area contributed by atoms with E-state index in [1.807, 2.05) is 0 Å². The molecule has 8 heavy (non-hydrogen) atoms. The minimum atomic E-state index is -5.39. The Balaban J connectivity index is -0.0000000267. The van der Waals surface area contributed by atoms with Gasteiger partial charge >= 0.3 is 77.9 Å². The van der Waals surface area contributed by atoms with Gasteiger partial charge in [-0.25, -0.2) is 0 Å². The van der Waals surface area contributed by atoms with E-state index in [0.717, 1.165) is 0 Å². The van der Waals surface area contributed by atoms with E-state index in [0.29, 0.717) is 0 Å². The molecule has 0 bridgehead atoms. The van der Waals surface area contributed by atoms with Crippen LogP contribution in [0.3, 0.4) is 0 Å². The molecule has 0 aromatic heterocycles. The molecule has 8 heteroatoms. The summed E-state index contributed by atoms with van der Waals surface area (Å²) < 4.78 is 8.55. The van der Waals surface area contributed by atoms with Crippen LogP contribution in [0, 0.1) is 0 Å². The Morgan fingerprint density at radius 2 is 1.12 bits per heavy atom. The van der Waals surface area contributed by atoms with Gasteiger partial charge in [0.15, 0.2) is 0 Å². The first-order chi connectivity index (χ1) is 2.00. The van der Waals surface area contributed by atoms with Crippen LogP contribution in [-0.2, 0) is 21.6 Å². The van der Waals surface area contributed by atoms with Gasteiger partial charge in [-0.3, -0.25) is 0 Å². The second-order valence-corrected chi connectivity index (χ2v) is 1.34. The van der Waals surface area contributed by atoms with Crippen molar-refractivity contribution >= 4 is 68.6 Å². The fourth-order valence-corrected chi connectivity index (χ4v) is 0. The maximum atomic E-state index is 8.55. The maximum absolute atomic E-state index is 8.55. The fraction of sp³-hybridized carbons (Fsp3) is 0. The standard InChI is InChI=1S/Ca.Fe.Mg.H3O4P/c;;;1-5(2,3)4/h;;;(H3,1,2,3,4)/q3*+2;/p-3. The maximum Gasteiger partial charge on any atom is 2.00 e. The summed E-state index contributed by atoms with van der Waals surface area (Å²) in [6.07, 6.45) is 0. The molecular weight excluding hydrogens is 215 g/mol. The van der Waals surface area contributed by atoms with E-state index in [2.05, 4.69) is 0 Å². The van der Waals surface area contributed by atoms with Crippen molar-refractivity contribution in [3.05, 3.63) is 0 Å². The average Bonchev–Trinajstić information content (AvgIpc) is 0.722. The van der Waals surface area contributed by atoms with Crippen molar-refractivity contribution in [3.8, 4) is 0 Å². The second kappa shape index (κ2) is 9.66. The third kappa shape index (κ3) is 71.9. The summed E-state index contributed by atoms with van der Waals surface area (Å²) in [5.74, 6) is 0. The number of phosphoric acid groups is 1. The molecule has 0 amide bonds. The minimum absolute atomic E-state index is 0. The number of rotatable bonds is 0. The molecule has 4 nitrogen and oxygen atoms in total. The molecule has 0 aliphatic rings. The number of hydrogen-bond donors (Lipinski definition) is 0. The van der Waals surface area contributed by atoms with Crippen LogP contribution in [0.5, 0.6) is 0 Å². The Bertz CT molecular complexity index is 62.2. The SMILES string of the molecule is O=P([O-])([O-])[O-].[Ca+2].[Fe+2].[Mg+2]. The van der Waals surface area contributed by atoms with Crippen LogP contribution in [0.2, 0.25) is 0 Å². The molecule has 0 radical (unpaired) electrons. The average molecular weight is 215 g/mol. The molecule has 0 aliphatic carbocycles. The molecule has 0 aliphatic heterocycles. The van der Waals surface area contributed by atoms with Gasteiger partial charge in [0.1, 0.15) is 0 Å². The van der Waals surface area contributed by atoms with Crippen LogP contribution in [0.4, 0.5) is 0 Å². The number of hydrogen-bond acceptors (Lipinski definition) is 4. The zero-order valence-electron chi connectivity index (χ0n) is 3.85. The molecular formula is CaFeMgO4P+3. The van der Waals surface area contributed by atoms with Gasteiger partial charge in [-0.15, -0.1) is 0 Å². The van der Waals surface area contributed by atoms with Crippen molar-refractivity contribution in [1.29, 1.82) is 0 Å². The van der Waals surface area contributed by atoms with Crippen LogP contribution < -0.4 is 14.7 Å². The van der Waals surface area contributed by atoms with Crippen LogP contribution >= 0.6 is 7.82 Å². The molecule has 0 saturated carbocycles. The largest absolute Gasteiger partial charge is 2.00 e. The summed E-state index contributed by atoms with van der Waals surface area (Å²) in [7, 11) is -5.39. The monoisotopic (exact) mass is 215 g/mol. The van der Waals surface area contributed by atoms with Crippen LogP contribution in [-0.4, -0.2) is 60.8 Å². The fourth-order valence-electron chi connectivity index (χ4n) is 0. The van der Waals surface area contributed by atoms with Crippen molar-refractivity contribution in [2.45, 2.75) is 0 Å². The Morgan fingerprint density at radius 1 is 1.12 bits per heavy atom. The molecule has 0 fully saturated rings. The van der Waals surface area contributed by atoms with Gasteiger partial charge < -0.3 is 19.2 Å². The Kier molecular flexibility index (Phi) is 27.1. The summed E-state index contributed by atoms with van der Waals surface area (Å²) in [6.45, 7) is 0. The third-order valence-electron chi connectivity index (χ3n) is 0. The second-order valence-electron chi connectivity index (χ2n) is 0.447. The topological polar surface area (TPSA) is 86.2 Å². The first-order valence-corrected chi connectivity index (χ1v) is 2.19. The van der Waals surface area contributed by atoms with E-state index >= 15 is 0 Å². The van der Waals surface area contributed by atoms with Crippen molar-refractivity contribution in [2.75, 3.05) is 0 Å². The van der Waals surface area contributed by atoms with Gasteiger partial charge in [0.05, 0.1) is 0 Å². The van der Waals surface area contributed by atoms with Crippen molar-refractivity contribution in [2.24, 2.45) is 0 Å². The summed E-state index contributed by atoms with van der Waals surface area (Å²) >= 11 is 0. The zero-order valence-corrected chi connectivity index (χ0v) is 9.47. The summed E-state index contributed by atoms with van der Waals surface area (Å²) in [5, 5.41) is 0. The van der Waals surface area contributed by atoms with Gasteiger partial charge in [-0.1, -0.05) is 0 Å². The third-order valence-corrected chi connectivity index (χ3v) is 0. The van der Waals surface area contributed by atoms with Gasteiger partial charge in [0.2, 0.25) is 0 Å². The molecule has 0 spiro atoms. The van der Waals surface area contributed by atoms with E-state index in [1.165, 1.54) is 0 Å². The van der Waals surface area contributed by atoms with E-state index in [9.17, 15) is 0 Å². The van der Waals surface area contributed by atoms with E-state index in [-0.39, 0.29) is 77.9 Å². The summed E-state index contributed by atoms with van der Waals surface area (Å²) in [6, 6.07) is 0. The van der Waals surface area contributed by atoms with Crippen molar-refractivity contribution < 1.29 is 36.3 Å². The molecule has 0 rings (SSSR count). The first kappa shape index (κ1) is 22.4. The van der Waals surface area contributed by atoms with Crippen molar-refractivity contribution in [3.63, 3.8) is 0 Å². The molecule has 0 N–H and O–H groups in total. The van der Waals surface area contributed by atoms with Crippen LogP contribution in [0.1, 0.15) is 0 Å². The molecule has 0 atom stereocenters. The molecule has 0 aromatic carbocycles. The molecule has 0 saturated heterocycles. The molecule has 0 unspecified atom stereocenters. The molecule has 38 valence electrons. The van der Waals surface area contributed by atoms with Crippen molar-refractivity contribution in [1.82, 2.24) is 0 Å². The molecule has 0 aromatic rings. The first-order valence-electron chi connectivity index (χ1n) is 0.730. The van der Waals surface area contributed by atoms with Gasteiger partial charge in [0, 0.05) is 0 Å². The predicted octanol–water partition coefficient (Wildman–Crippen LogP) is -3.59. The Morgan fingerprint density at radius 3 is 1.12 bits per heavy atom. The Labute approximate surface area is 103 Å². The quantitative estimate of drug-likeness (QED) is 0.309. The minimum Gasteiger partial charge on any atom is -0.822 e. The summed E-state index contributed by atoms with van der Waals surface area (Å²) in [4.78, 5) is 25.6. The normalized spacial score (nSPS) is 7.38. The summed E-state index contributed by atoms with van der Waals surface area (Å²) in [5.41, 5.74) is 0.